The maximum absolute atomic E-state index is 12.6. The van der Waals surface area contributed by atoms with Crippen LogP contribution >= 0.6 is 0 Å². The third-order valence-corrected chi connectivity index (χ3v) is 5.48. The number of amides is 2. The molecule has 1 aromatic carbocycles. The Morgan fingerprint density at radius 2 is 2.22 bits per heavy atom. The van der Waals surface area contributed by atoms with Crippen LogP contribution in [0.4, 0.5) is 4.39 Å². The standard InChI is InChI=1S/C19H20FN3O4/c1-26-14-7-11-9(6-12(14)17(21)24)3-5-22-19(11)27-8-13-15-10(2-4-20)16(15)18(25)23-13/h3,5-7,10,13,15-16H,2,4,8H2,1H3,(H2,21,24)(H,23,25)/t10?,13-,15-,16-/m1/s1. The van der Waals surface area contributed by atoms with Crippen molar-refractivity contribution in [3.05, 3.63) is 30.0 Å². The monoisotopic (exact) mass is 373 g/mol. The van der Waals surface area contributed by atoms with Gasteiger partial charge in [0.25, 0.3) is 5.91 Å². The van der Waals surface area contributed by atoms with Gasteiger partial charge in [-0.1, -0.05) is 0 Å². The van der Waals surface area contributed by atoms with E-state index in [0.717, 1.165) is 5.39 Å². The zero-order valence-electron chi connectivity index (χ0n) is 14.8. The number of piperidine rings is 1. The lowest BCUT2D eigenvalue weighted by Crippen LogP contribution is -2.37. The summed E-state index contributed by atoms with van der Waals surface area (Å²) in [7, 11) is 1.46. The van der Waals surface area contributed by atoms with Gasteiger partial charge >= 0.3 is 0 Å². The van der Waals surface area contributed by atoms with E-state index in [-0.39, 0.29) is 41.9 Å². The number of hydrogen-bond acceptors (Lipinski definition) is 5. The molecule has 0 spiro atoms. The van der Waals surface area contributed by atoms with Gasteiger partial charge in [-0.3, -0.25) is 14.0 Å². The first-order valence-electron chi connectivity index (χ1n) is 8.81. The molecule has 1 unspecified atom stereocenters. The number of primary amides is 1. The van der Waals surface area contributed by atoms with Crippen LogP contribution in [0, 0.1) is 17.8 Å². The van der Waals surface area contributed by atoms with Gasteiger partial charge in [0.15, 0.2) is 0 Å². The number of pyridine rings is 1. The highest BCUT2D eigenvalue weighted by Gasteiger charge is 2.62. The number of ether oxygens (including phenoxy) is 2. The summed E-state index contributed by atoms with van der Waals surface area (Å²) in [4.78, 5) is 27.8. The predicted molar refractivity (Wildman–Crippen MR) is 95.3 cm³/mol. The van der Waals surface area contributed by atoms with Crippen molar-refractivity contribution in [2.45, 2.75) is 12.5 Å². The van der Waals surface area contributed by atoms with Gasteiger partial charge in [-0.2, -0.15) is 0 Å². The van der Waals surface area contributed by atoms with E-state index in [2.05, 4.69) is 10.3 Å². The molecule has 1 saturated heterocycles. The van der Waals surface area contributed by atoms with Crippen LogP contribution in [0.1, 0.15) is 16.8 Å². The molecule has 8 heteroatoms. The van der Waals surface area contributed by atoms with Crippen molar-refractivity contribution in [1.82, 2.24) is 10.3 Å². The fourth-order valence-corrected chi connectivity index (χ4v) is 4.16. The Hall–Kier alpha value is -2.90. The minimum absolute atomic E-state index is 0.0225. The van der Waals surface area contributed by atoms with Crippen molar-refractivity contribution in [3.63, 3.8) is 0 Å². The van der Waals surface area contributed by atoms with Gasteiger partial charge in [0.05, 0.1) is 25.4 Å². The third-order valence-electron chi connectivity index (χ3n) is 5.48. The SMILES string of the molecule is COc1cc2c(OC[C@H]3NC(=O)[C@@H]4C(CCF)[C@@H]43)nccc2cc1C(N)=O. The zero-order chi connectivity index (χ0) is 19.1. The molecule has 0 bridgehead atoms. The number of carbonyl (C=O) groups excluding carboxylic acids is 2. The molecule has 27 heavy (non-hydrogen) atoms. The predicted octanol–water partition coefficient (Wildman–Crippen LogP) is 1.44. The molecule has 2 aliphatic rings. The lowest BCUT2D eigenvalue weighted by molar-refractivity contribution is -0.121. The number of methoxy groups -OCH3 is 1. The molecule has 1 aliphatic heterocycles. The molecule has 4 atom stereocenters. The lowest BCUT2D eigenvalue weighted by Gasteiger charge is -2.17. The highest BCUT2D eigenvalue weighted by atomic mass is 19.1. The molecule has 2 fully saturated rings. The van der Waals surface area contributed by atoms with Gasteiger partial charge in [0, 0.05) is 17.5 Å². The van der Waals surface area contributed by atoms with E-state index in [9.17, 15) is 14.0 Å². The van der Waals surface area contributed by atoms with E-state index < -0.39 is 12.6 Å². The van der Waals surface area contributed by atoms with Crippen LogP contribution in [-0.2, 0) is 4.79 Å². The van der Waals surface area contributed by atoms with Crippen LogP contribution in [0.3, 0.4) is 0 Å². The number of benzene rings is 1. The highest BCUT2D eigenvalue weighted by Crippen LogP contribution is 2.54. The largest absolute Gasteiger partial charge is 0.496 e. The topological polar surface area (TPSA) is 104 Å². The fourth-order valence-electron chi connectivity index (χ4n) is 4.16. The number of fused-ring (bicyclic) bond motifs is 2. The van der Waals surface area contributed by atoms with Crippen molar-refractivity contribution in [3.8, 4) is 11.6 Å². The number of rotatable bonds is 7. The van der Waals surface area contributed by atoms with Gasteiger partial charge in [-0.05, 0) is 41.8 Å². The number of nitrogens with two attached hydrogens (primary N) is 1. The number of alkyl halides is 1. The Balaban J connectivity index is 1.56. The molecule has 2 amide bonds. The minimum atomic E-state index is -0.583. The molecule has 7 nitrogen and oxygen atoms in total. The van der Waals surface area contributed by atoms with Crippen molar-refractivity contribution >= 4 is 22.6 Å². The Morgan fingerprint density at radius 1 is 1.41 bits per heavy atom. The number of nitrogens with zero attached hydrogens (tertiary/aromatic N) is 1. The van der Waals surface area contributed by atoms with Gasteiger partial charge in [0.1, 0.15) is 12.4 Å². The summed E-state index contributed by atoms with van der Waals surface area (Å²) in [6.45, 7) is -0.160. The molecule has 142 valence electrons. The van der Waals surface area contributed by atoms with Crippen LogP contribution in [0.5, 0.6) is 11.6 Å². The Labute approximate surface area is 155 Å². The molecule has 1 aliphatic carbocycles. The molecule has 1 saturated carbocycles. The maximum Gasteiger partial charge on any atom is 0.252 e. The van der Waals surface area contributed by atoms with Crippen molar-refractivity contribution in [1.29, 1.82) is 0 Å². The lowest BCUT2D eigenvalue weighted by atomic mass is 10.1. The summed E-state index contributed by atoms with van der Waals surface area (Å²) in [6, 6.07) is 4.90. The maximum atomic E-state index is 12.6. The van der Waals surface area contributed by atoms with Crippen molar-refractivity contribution in [2.24, 2.45) is 23.5 Å². The second kappa shape index (κ2) is 6.68. The van der Waals surface area contributed by atoms with Gasteiger partial charge in [-0.15, -0.1) is 0 Å². The quantitative estimate of drug-likeness (QED) is 0.764. The summed E-state index contributed by atoms with van der Waals surface area (Å²) >= 11 is 0. The van der Waals surface area contributed by atoms with Crippen LogP contribution in [0.2, 0.25) is 0 Å². The summed E-state index contributed by atoms with van der Waals surface area (Å²) in [5.41, 5.74) is 5.68. The van der Waals surface area contributed by atoms with E-state index >= 15 is 0 Å². The average molecular weight is 373 g/mol. The number of carbonyl (C=O) groups is 2. The third kappa shape index (κ3) is 2.94. The fraction of sp³-hybridized carbons (Fsp3) is 0.421. The van der Waals surface area contributed by atoms with Gasteiger partial charge in [-0.25, -0.2) is 4.98 Å². The van der Waals surface area contributed by atoms with E-state index in [1.165, 1.54) is 7.11 Å². The highest BCUT2D eigenvalue weighted by molar-refractivity contribution is 6.01. The van der Waals surface area contributed by atoms with Crippen molar-refractivity contribution < 1.29 is 23.5 Å². The molecule has 0 radical (unpaired) electrons. The molecular formula is C19H20FN3O4. The van der Waals surface area contributed by atoms with Crippen LogP contribution in [0.25, 0.3) is 10.8 Å². The average Bonchev–Trinajstić information content (AvgIpc) is 3.27. The Kier molecular flexibility index (Phi) is 4.33. The van der Waals surface area contributed by atoms with Gasteiger partial charge in [0.2, 0.25) is 11.8 Å². The molecule has 2 heterocycles. The van der Waals surface area contributed by atoms with E-state index in [1.807, 2.05) is 0 Å². The molecule has 2 aromatic rings. The smallest absolute Gasteiger partial charge is 0.252 e. The first-order valence-corrected chi connectivity index (χ1v) is 8.81. The first kappa shape index (κ1) is 17.5. The summed E-state index contributed by atoms with van der Waals surface area (Å²) < 4.78 is 23.7. The minimum Gasteiger partial charge on any atom is -0.496 e. The number of halogens is 1. The number of nitrogens with one attached hydrogen (secondary N) is 1. The first-order chi connectivity index (χ1) is 13.0. The second-order valence-corrected chi connectivity index (χ2v) is 6.92. The van der Waals surface area contributed by atoms with Crippen LogP contribution < -0.4 is 20.5 Å². The number of hydrogen-bond donors (Lipinski definition) is 2. The van der Waals surface area contributed by atoms with Crippen LogP contribution in [-0.4, -0.2) is 43.2 Å². The Morgan fingerprint density at radius 3 is 2.93 bits per heavy atom. The second-order valence-electron chi connectivity index (χ2n) is 6.92. The van der Waals surface area contributed by atoms with Gasteiger partial charge < -0.3 is 20.5 Å². The van der Waals surface area contributed by atoms with Crippen LogP contribution in [0.15, 0.2) is 24.4 Å². The zero-order valence-corrected chi connectivity index (χ0v) is 14.8. The molecule has 3 N–H and O–H groups in total. The number of aromatic nitrogens is 1. The summed E-state index contributed by atoms with van der Waals surface area (Å²) in [5, 5.41) is 4.32. The van der Waals surface area contributed by atoms with E-state index in [1.54, 1.807) is 24.4 Å². The Bertz CT molecular complexity index is 919. The molecule has 4 rings (SSSR count). The molecular weight excluding hydrogens is 353 g/mol. The summed E-state index contributed by atoms with van der Waals surface area (Å²) in [6.07, 6.45) is 1.99. The summed E-state index contributed by atoms with van der Waals surface area (Å²) in [5.74, 6) is 0.254. The normalized spacial score (nSPS) is 25.8. The van der Waals surface area contributed by atoms with E-state index in [4.69, 9.17) is 15.2 Å². The van der Waals surface area contributed by atoms with Crippen molar-refractivity contribution in [2.75, 3.05) is 20.4 Å². The molecule has 1 aromatic heterocycles. The van der Waals surface area contributed by atoms with E-state index in [0.29, 0.717) is 23.4 Å².